The van der Waals surface area contributed by atoms with Gasteiger partial charge in [0.25, 0.3) is 0 Å². The van der Waals surface area contributed by atoms with Gasteiger partial charge in [0.2, 0.25) is 11.8 Å². The van der Waals surface area contributed by atoms with Gasteiger partial charge in [0.1, 0.15) is 5.75 Å². The normalized spacial score (nSPS) is 21.5. The summed E-state index contributed by atoms with van der Waals surface area (Å²) in [6.07, 6.45) is 2.47. The maximum atomic E-state index is 12.4. The summed E-state index contributed by atoms with van der Waals surface area (Å²) in [5.41, 5.74) is 1.72. The molecule has 0 bridgehead atoms. The molecule has 1 saturated heterocycles. The van der Waals surface area contributed by atoms with E-state index in [0.717, 1.165) is 18.4 Å². The monoisotopic (exact) mass is 288 g/mol. The van der Waals surface area contributed by atoms with Gasteiger partial charge in [0.05, 0.1) is 18.7 Å². The molecule has 112 valence electrons. The molecule has 1 aromatic carbocycles. The summed E-state index contributed by atoms with van der Waals surface area (Å²) in [7, 11) is 1.58. The maximum Gasteiger partial charge on any atom is 0.229 e. The van der Waals surface area contributed by atoms with Gasteiger partial charge in [-0.15, -0.1) is 0 Å². The summed E-state index contributed by atoms with van der Waals surface area (Å²) >= 11 is 0. The predicted octanol–water partition coefficient (Wildman–Crippen LogP) is 1.95. The number of aryl methyl sites for hydroxylation is 1. The summed E-state index contributed by atoms with van der Waals surface area (Å²) in [4.78, 5) is 26.2. The second kappa shape index (κ2) is 5.39. The standard InChI is InChI=1S/C16H20N2O3/c1-10-3-6-14(21-2)13(7-10)17-16(20)11-8-15(19)18(9-11)12-4-5-12/h3,6-7,11-12H,4-5,8-9H2,1-2H3,(H,17,20)/t11-/m1/s1. The van der Waals surface area contributed by atoms with Crippen LogP contribution in [0, 0.1) is 12.8 Å². The Hall–Kier alpha value is -2.04. The number of anilines is 1. The molecule has 2 fully saturated rings. The first-order chi connectivity index (χ1) is 10.1. The third-order valence-corrected chi connectivity index (χ3v) is 4.13. The molecule has 1 aliphatic heterocycles. The zero-order chi connectivity index (χ0) is 15.0. The minimum absolute atomic E-state index is 0.101. The SMILES string of the molecule is COc1ccc(C)cc1NC(=O)[C@@H]1CC(=O)N(C2CC2)C1. The highest BCUT2D eigenvalue weighted by Gasteiger charge is 2.41. The van der Waals surface area contributed by atoms with E-state index in [1.165, 1.54) is 0 Å². The van der Waals surface area contributed by atoms with Crippen LogP contribution in [-0.4, -0.2) is 36.4 Å². The molecule has 2 amide bonds. The number of hydrogen-bond acceptors (Lipinski definition) is 3. The van der Waals surface area contributed by atoms with E-state index in [-0.39, 0.29) is 17.7 Å². The van der Waals surface area contributed by atoms with Crippen LogP contribution in [0.25, 0.3) is 0 Å². The lowest BCUT2D eigenvalue weighted by Gasteiger charge is -2.16. The molecule has 0 unspecified atom stereocenters. The highest BCUT2D eigenvalue weighted by molar-refractivity contribution is 5.98. The van der Waals surface area contributed by atoms with Gasteiger partial charge in [0.15, 0.2) is 0 Å². The van der Waals surface area contributed by atoms with Gasteiger partial charge < -0.3 is 15.0 Å². The smallest absolute Gasteiger partial charge is 0.229 e. The van der Waals surface area contributed by atoms with Crippen LogP contribution in [0.3, 0.4) is 0 Å². The summed E-state index contributed by atoms with van der Waals surface area (Å²) in [5, 5.41) is 2.90. The Morgan fingerprint density at radius 3 is 2.81 bits per heavy atom. The van der Waals surface area contributed by atoms with E-state index < -0.39 is 0 Å². The number of likely N-dealkylation sites (tertiary alicyclic amines) is 1. The Bertz CT molecular complexity index is 581. The molecule has 0 aromatic heterocycles. The Kier molecular flexibility index (Phi) is 3.57. The van der Waals surface area contributed by atoms with Gasteiger partial charge in [-0.3, -0.25) is 9.59 Å². The van der Waals surface area contributed by atoms with E-state index >= 15 is 0 Å². The van der Waals surface area contributed by atoms with Crippen LogP contribution in [0.2, 0.25) is 0 Å². The molecule has 1 aliphatic carbocycles. The number of hydrogen-bond donors (Lipinski definition) is 1. The molecule has 1 aromatic rings. The molecular formula is C16H20N2O3. The first-order valence-corrected chi connectivity index (χ1v) is 7.33. The topological polar surface area (TPSA) is 58.6 Å². The molecule has 1 atom stereocenters. The van der Waals surface area contributed by atoms with E-state index in [1.807, 2.05) is 30.0 Å². The Labute approximate surface area is 124 Å². The van der Waals surface area contributed by atoms with E-state index in [2.05, 4.69) is 5.32 Å². The minimum Gasteiger partial charge on any atom is -0.495 e. The van der Waals surface area contributed by atoms with Crippen LogP contribution in [0.4, 0.5) is 5.69 Å². The van der Waals surface area contributed by atoms with Crippen molar-refractivity contribution in [3.05, 3.63) is 23.8 Å². The van der Waals surface area contributed by atoms with E-state index in [9.17, 15) is 9.59 Å². The quantitative estimate of drug-likeness (QED) is 0.921. The summed E-state index contributed by atoms with van der Waals surface area (Å²) < 4.78 is 5.26. The van der Waals surface area contributed by atoms with Crippen LogP contribution in [-0.2, 0) is 9.59 Å². The number of nitrogens with zero attached hydrogens (tertiary/aromatic N) is 1. The van der Waals surface area contributed by atoms with Crippen molar-refractivity contribution in [2.45, 2.75) is 32.2 Å². The largest absolute Gasteiger partial charge is 0.495 e. The Morgan fingerprint density at radius 1 is 1.38 bits per heavy atom. The number of nitrogens with one attached hydrogen (secondary N) is 1. The van der Waals surface area contributed by atoms with Gasteiger partial charge in [0, 0.05) is 19.0 Å². The van der Waals surface area contributed by atoms with Crippen molar-refractivity contribution in [2.24, 2.45) is 5.92 Å². The lowest BCUT2D eigenvalue weighted by atomic mass is 10.1. The Balaban J connectivity index is 1.69. The fourth-order valence-electron chi connectivity index (χ4n) is 2.80. The summed E-state index contributed by atoms with van der Waals surface area (Å²) in [5.74, 6) is 0.380. The molecule has 1 saturated carbocycles. The molecule has 2 aliphatic rings. The highest BCUT2D eigenvalue weighted by atomic mass is 16.5. The summed E-state index contributed by atoms with van der Waals surface area (Å²) in [6.45, 7) is 2.51. The molecule has 1 N–H and O–H groups in total. The fourth-order valence-corrected chi connectivity index (χ4v) is 2.80. The number of ether oxygens (including phenoxy) is 1. The molecule has 5 heteroatoms. The van der Waals surface area contributed by atoms with Gasteiger partial charge in [-0.25, -0.2) is 0 Å². The van der Waals surface area contributed by atoms with Crippen molar-refractivity contribution in [3.8, 4) is 5.75 Å². The van der Waals surface area contributed by atoms with Crippen molar-refractivity contribution in [1.29, 1.82) is 0 Å². The third kappa shape index (κ3) is 2.86. The average molecular weight is 288 g/mol. The minimum atomic E-state index is -0.261. The van der Waals surface area contributed by atoms with Gasteiger partial charge in [-0.05, 0) is 37.5 Å². The molecule has 1 heterocycles. The second-order valence-corrected chi connectivity index (χ2v) is 5.87. The number of carbonyl (C=O) groups is 2. The van der Waals surface area contributed by atoms with Crippen LogP contribution >= 0.6 is 0 Å². The lowest BCUT2D eigenvalue weighted by Crippen LogP contribution is -2.29. The second-order valence-electron chi connectivity index (χ2n) is 5.87. The molecular weight excluding hydrogens is 268 g/mol. The number of rotatable bonds is 4. The first-order valence-electron chi connectivity index (χ1n) is 7.33. The molecule has 5 nitrogen and oxygen atoms in total. The first kappa shape index (κ1) is 13.9. The molecule has 3 rings (SSSR count). The fraction of sp³-hybridized carbons (Fsp3) is 0.500. The molecule has 0 radical (unpaired) electrons. The van der Waals surface area contributed by atoms with Gasteiger partial charge >= 0.3 is 0 Å². The third-order valence-electron chi connectivity index (χ3n) is 4.13. The van der Waals surface area contributed by atoms with E-state index in [4.69, 9.17) is 4.74 Å². The maximum absolute atomic E-state index is 12.4. The predicted molar refractivity (Wildman–Crippen MR) is 79.2 cm³/mol. The zero-order valence-electron chi connectivity index (χ0n) is 12.4. The lowest BCUT2D eigenvalue weighted by molar-refractivity contribution is -0.128. The highest BCUT2D eigenvalue weighted by Crippen LogP contribution is 2.33. The van der Waals surface area contributed by atoms with Gasteiger partial charge in [-0.2, -0.15) is 0 Å². The number of carbonyl (C=O) groups excluding carboxylic acids is 2. The molecule has 0 spiro atoms. The van der Waals surface area contributed by atoms with Gasteiger partial charge in [-0.1, -0.05) is 6.07 Å². The number of amides is 2. The van der Waals surface area contributed by atoms with Crippen LogP contribution < -0.4 is 10.1 Å². The van der Waals surface area contributed by atoms with Crippen molar-refractivity contribution < 1.29 is 14.3 Å². The number of benzene rings is 1. The summed E-state index contributed by atoms with van der Waals surface area (Å²) in [6, 6.07) is 6.03. The van der Waals surface area contributed by atoms with Crippen molar-refractivity contribution in [2.75, 3.05) is 19.0 Å². The zero-order valence-corrected chi connectivity index (χ0v) is 12.4. The number of methoxy groups -OCH3 is 1. The van der Waals surface area contributed by atoms with E-state index in [1.54, 1.807) is 7.11 Å². The van der Waals surface area contributed by atoms with E-state index in [0.29, 0.717) is 30.4 Å². The van der Waals surface area contributed by atoms with Crippen LogP contribution in [0.15, 0.2) is 18.2 Å². The van der Waals surface area contributed by atoms with Crippen LogP contribution in [0.5, 0.6) is 5.75 Å². The Morgan fingerprint density at radius 2 is 2.14 bits per heavy atom. The van der Waals surface area contributed by atoms with Crippen LogP contribution in [0.1, 0.15) is 24.8 Å². The molecule has 21 heavy (non-hydrogen) atoms. The van der Waals surface area contributed by atoms with Crippen molar-refractivity contribution >= 4 is 17.5 Å². The van der Waals surface area contributed by atoms with Crippen molar-refractivity contribution in [3.63, 3.8) is 0 Å². The van der Waals surface area contributed by atoms with Crippen molar-refractivity contribution in [1.82, 2.24) is 4.90 Å². The average Bonchev–Trinajstić information content (AvgIpc) is 3.22.